The number of likely N-dealkylation sites (tertiary alicyclic amines) is 1. The van der Waals surface area contributed by atoms with E-state index in [4.69, 9.17) is 4.52 Å². The molecule has 3 heterocycles. The maximum absolute atomic E-state index is 12.7. The van der Waals surface area contributed by atoms with Gasteiger partial charge < -0.3 is 24.6 Å². The quantitative estimate of drug-likeness (QED) is 0.310. The monoisotopic (exact) mass is 570 g/mol. The van der Waals surface area contributed by atoms with Crippen molar-refractivity contribution in [2.24, 2.45) is 0 Å². The molecule has 2 aromatic heterocycles. The second kappa shape index (κ2) is 12.1. The summed E-state index contributed by atoms with van der Waals surface area (Å²) in [5.41, 5.74) is 3.16. The van der Waals surface area contributed by atoms with Crippen LogP contribution in [0.15, 0.2) is 59.1 Å². The minimum absolute atomic E-state index is 0.154. The van der Waals surface area contributed by atoms with E-state index in [9.17, 15) is 23.1 Å². The molecule has 1 aliphatic heterocycles. The molecule has 0 spiro atoms. The van der Waals surface area contributed by atoms with E-state index < -0.39 is 6.36 Å². The van der Waals surface area contributed by atoms with Crippen molar-refractivity contribution in [1.29, 1.82) is 0 Å². The fourth-order valence-electron chi connectivity index (χ4n) is 4.58. The van der Waals surface area contributed by atoms with Crippen LogP contribution in [-0.2, 0) is 6.54 Å². The molecule has 2 N–H and O–H groups in total. The van der Waals surface area contributed by atoms with Crippen LogP contribution >= 0.6 is 0 Å². The van der Waals surface area contributed by atoms with Crippen molar-refractivity contribution in [3.63, 3.8) is 0 Å². The lowest BCUT2D eigenvalue weighted by atomic mass is 10.1. The van der Waals surface area contributed by atoms with Gasteiger partial charge in [0.15, 0.2) is 5.69 Å². The molecule has 4 aromatic rings. The molecule has 5 rings (SSSR count). The van der Waals surface area contributed by atoms with Gasteiger partial charge in [0.1, 0.15) is 5.75 Å². The number of halogens is 3. The van der Waals surface area contributed by atoms with E-state index >= 15 is 0 Å². The second-order valence-electron chi connectivity index (χ2n) is 9.85. The number of aliphatic hydroxyl groups is 1. The molecule has 1 fully saturated rings. The van der Waals surface area contributed by atoms with Crippen LogP contribution in [-0.4, -0.2) is 74.5 Å². The zero-order valence-electron chi connectivity index (χ0n) is 22.3. The van der Waals surface area contributed by atoms with Crippen molar-refractivity contribution >= 4 is 5.91 Å². The number of piperidine rings is 1. The van der Waals surface area contributed by atoms with Crippen LogP contribution in [0.2, 0.25) is 0 Å². The molecule has 1 saturated heterocycles. The van der Waals surface area contributed by atoms with Gasteiger partial charge in [0, 0.05) is 43.0 Å². The highest BCUT2D eigenvalue weighted by molar-refractivity contribution is 5.94. The molecule has 41 heavy (non-hydrogen) atoms. The van der Waals surface area contributed by atoms with Crippen molar-refractivity contribution in [3.8, 4) is 28.7 Å². The van der Waals surface area contributed by atoms with E-state index in [0.717, 1.165) is 43.7 Å². The summed E-state index contributed by atoms with van der Waals surface area (Å²) in [4.78, 5) is 19.3. The first-order chi connectivity index (χ1) is 19.6. The lowest BCUT2D eigenvalue weighted by Crippen LogP contribution is -2.40. The molecule has 2 aromatic carbocycles. The minimum Gasteiger partial charge on any atom is -0.406 e. The molecule has 0 atom stereocenters. The lowest BCUT2D eigenvalue weighted by molar-refractivity contribution is -0.274. The smallest absolute Gasteiger partial charge is 0.406 e. The summed E-state index contributed by atoms with van der Waals surface area (Å²) >= 11 is 0. The van der Waals surface area contributed by atoms with Crippen LogP contribution in [0.4, 0.5) is 13.2 Å². The van der Waals surface area contributed by atoms with E-state index in [1.807, 2.05) is 25.1 Å². The van der Waals surface area contributed by atoms with Gasteiger partial charge in [0.05, 0.1) is 12.6 Å². The summed E-state index contributed by atoms with van der Waals surface area (Å²) < 4.78 is 48.2. The Labute approximate surface area is 233 Å². The number of amides is 1. The van der Waals surface area contributed by atoms with Crippen molar-refractivity contribution in [1.82, 2.24) is 30.1 Å². The van der Waals surface area contributed by atoms with Crippen LogP contribution in [0.1, 0.15) is 34.5 Å². The van der Waals surface area contributed by atoms with Crippen molar-refractivity contribution < 1.29 is 32.3 Å². The van der Waals surface area contributed by atoms with Crippen molar-refractivity contribution in [2.75, 3.05) is 26.2 Å². The number of alkyl halides is 3. The highest BCUT2D eigenvalue weighted by atomic mass is 19.4. The van der Waals surface area contributed by atoms with E-state index in [2.05, 4.69) is 30.2 Å². The second-order valence-corrected chi connectivity index (χ2v) is 9.85. The highest BCUT2D eigenvalue weighted by Crippen LogP contribution is 2.27. The number of hydrogen-bond donors (Lipinski definition) is 2. The number of aromatic nitrogens is 4. The van der Waals surface area contributed by atoms with Crippen LogP contribution < -0.4 is 10.1 Å². The van der Waals surface area contributed by atoms with Crippen LogP contribution in [0.3, 0.4) is 0 Å². The Hall–Kier alpha value is -4.23. The first kappa shape index (κ1) is 28.3. The van der Waals surface area contributed by atoms with E-state index in [1.54, 1.807) is 16.8 Å². The first-order valence-corrected chi connectivity index (χ1v) is 13.2. The van der Waals surface area contributed by atoms with Crippen LogP contribution in [0, 0.1) is 6.92 Å². The zero-order valence-corrected chi connectivity index (χ0v) is 22.3. The predicted molar refractivity (Wildman–Crippen MR) is 142 cm³/mol. The van der Waals surface area contributed by atoms with E-state index in [1.165, 1.54) is 24.3 Å². The molecule has 216 valence electrons. The number of aryl methyl sites for hydroxylation is 1. The average molecular weight is 571 g/mol. The van der Waals surface area contributed by atoms with Gasteiger partial charge in [-0.3, -0.25) is 9.48 Å². The van der Waals surface area contributed by atoms with Gasteiger partial charge in [-0.2, -0.15) is 10.1 Å². The van der Waals surface area contributed by atoms with E-state index in [-0.39, 0.29) is 29.5 Å². The Balaban J connectivity index is 1.20. The number of carbonyl (C=O) groups is 1. The topological polar surface area (TPSA) is 119 Å². The molecular weight excluding hydrogens is 541 g/mol. The standard InChI is InChI=1S/C28H29F3N6O4/c1-18-15-24(27-33-25(35-41-27)20-5-7-23(8-6-20)40-28(29,30)31)34-37(18)17-19-3-2-4-21(16-19)26(39)32-11-14-36-12-9-22(38)10-13-36/h2-8,15-16,22,38H,9-14,17H2,1H3,(H,32,39). The van der Waals surface area contributed by atoms with Gasteiger partial charge >= 0.3 is 6.36 Å². The molecule has 0 unspecified atom stereocenters. The molecule has 0 aliphatic carbocycles. The number of benzene rings is 2. The maximum Gasteiger partial charge on any atom is 0.573 e. The summed E-state index contributed by atoms with van der Waals surface area (Å²) in [5.74, 6) is -0.144. The van der Waals surface area contributed by atoms with Gasteiger partial charge in [0.2, 0.25) is 5.82 Å². The maximum atomic E-state index is 12.7. The normalized spacial score (nSPS) is 14.8. The molecule has 0 radical (unpaired) electrons. The number of carbonyl (C=O) groups excluding carboxylic acids is 1. The number of nitrogens with zero attached hydrogens (tertiary/aromatic N) is 5. The Morgan fingerprint density at radius 3 is 2.63 bits per heavy atom. The Kier molecular flexibility index (Phi) is 8.36. The Morgan fingerprint density at radius 2 is 1.90 bits per heavy atom. The molecular formula is C28H29F3N6O4. The van der Waals surface area contributed by atoms with Crippen molar-refractivity contribution in [3.05, 3.63) is 71.4 Å². The number of rotatable bonds is 9. The predicted octanol–water partition coefficient (Wildman–Crippen LogP) is 4.04. The third-order valence-corrected chi connectivity index (χ3v) is 6.76. The summed E-state index contributed by atoms with van der Waals surface area (Å²) in [6, 6.07) is 14.3. The van der Waals surface area contributed by atoms with Gasteiger partial charge in [0.25, 0.3) is 11.8 Å². The third kappa shape index (κ3) is 7.50. The molecule has 0 bridgehead atoms. The van der Waals surface area contributed by atoms with Crippen LogP contribution in [0.25, 0.3) is 23.0 Å². The summed E-state index contributed by atoms with van der Waals surface area (Å²) in [6.07, 6.45) is -3.48. The number of aliphatic hydroxyl groups excluding tert-OH is 1. The van der Waals surface area contributed by atoms with Crippen LogP contribution in [0.5, 0.6) is 5.75 Å². The number of ether oxygens (including phenoxy) is 1. The van der Waals surface area contributed by atoms with Gasteiger partial charge in [-0.15, -0.1) is 13.2 Å². The first-order valence-electron chi connectivity index (χ1n) is 13.2. The van der Waals surface area contributed by atoms with Gasteiger partial charge in [-0.05, 0) is 67.8 Å². The molecule has 0 saturated carbocycles. The Bertz CT molecular complexity index is 1480. The summed E-state index contributed by atoms with van der Waals surface area (Å²) in [7, 11) is 0. The fourth-order valence-corrected chi connectivity index (χ4v) is 4.58. The summed E-state index contributed by atoms with van der Waals surface area (Å²) in [6.45, 7) is 5.21. The minimum atomic E-state index is -4.77. The lowest BCUT2D eigenvalue weighted by Gasteiger charge is -2.29. The summed E-state index contributed by atoms with van der Waals surface area (Å²) in [5, 5.41) is 21.1. The molecule has 1 aliphatic rings. The molecule has 10 nitrogen and oxygen atoms in total. The van der Waals surface area contributed by atoms with Gasteiger partial charge in [-0.1, -0.05) is 17.3 Å². The third-order valence-electron chi connectivity index (χ3n) is 6.76. The zero-order chi connectivity index (χ0) is 29.0. The molecule has 13 heteroatoms. The Morgan fingerprint density at radius 1 is 1.15 bits per heavy atom. The SMILES string of the molecule is Cc1cc(-c2nc(-c3ccc(OC(F)(F)F)cc3)no2)nn1Cc1cccc(C(=O)NCCN2CCC(O)CC2)c1. The number of hydrogen-bond acceptors (Lipinski definition) is 8. The van der Waals surface area contributed by atoms with Gasteiger partial charge in [-0.25, -0.2) is 0 Å². The highest BCUT2D eigenvalue weighted by Gasteiger charge is 2.31. The number of nitrogens with one attached hydrogen (secondary N) is 1. The largest absolute Gasteiger partial charge is 0.573 e. The molecule has 1 amide bonds. The van der Waals surface area contributed by atoms with Crippen molar-refractivity contribution in [2.45, 2.75) is 38.8 Å². The fraction of sp³-hybridized carbons (Fsp3) is 0.357. The average Bonchev–Trinajstić information content (AvgIpc) is 3.57. The van der Waals surface area contributed by atoms with E-state index in [0.29, 0.717) is 29.9 Å².